The summed E-state index contributed by atoms with van der Waals surface area (Å²) in [5, 5.41) is 14.4. The van der Waals surface area contributed by atoms with Crippen molar-refractivity contribution in [1.29, 1.82) is 0 Å². The summed E-state index contributed by atoms with van der Waals surface area (Å²) in [5.41, 5.74) is -0.734. The maximum atomic E-state index is 13.2. The lowest BCUT2D eigenvalue weighted by molar-refractivity contribution is 0.0266. The maximum Gasteiger partial charge on any atom is 0.268 e. The molecule has 1 unspecified atom stereocenters. The molecule has 2 saturated heterocycles. The second kappa shape index (κ2) is 9.17. The molecule has 188 valence electrons. The van der Waals surface area contributed by atoms with E-state index < -0.39 is 26.9 Å². The standard InChI is InChI=1S/C24H31N5O5S/c1-3-16-13-17-14-25-23(27-21(17)29(22(16)30)20-5-4-9-24(20,2)31)26-18-6-10-28(11-7-18)35(32,33)19-8-12-34-15-19/h1,13-14,18-20,31H,4-12,15H2,2H3,(H,25,26,27)/t19?,20-,24-/m1/s1. The molecule has 10 nitrogen and oxygen atoms in total. The number of hydrogen-bond acceptors (Lipinski definition) is 8. The van der Waals surface area contributed by atoms with Crippen molar-refractivity contribution >= 4 is 27.0 Å². The Kier molecular flexibility index (Phi) is 6.34. The number of hydrogen-bond donors (Lipinski definition) is 2. The Morgan fingerprint density at radius 2 is 2.06 bits per heavy atom. The smallest absolute Gasteiger partial charge is 0.268 e. The number of aromatic nitrogens is 3. The number of terminal acetylenes is 1. The highest BCUT2D eigenvalue weighted by Gasteiger charge is 2.40. The van der Waals surface area contributed by atoms with Crippen molar-refractivity contribution in [2.24, 2.45) is 0 Å². The number of nitrogens with zero attached hydrogens (tertiary/aromatic N) is 4. The van der Waals surface area contributed by atoms with E-state index in [0.29, 0.717) is 68.8 Å². The van der Waals surface area contributed by atoms with Crippen LogP contribution in [0.4, 0.5) is 5.95 Å². The van der Waals surface area contributed by atoms with E-state index in [9.17, 15) is 18.3 Å². The van der Waals surface area contributed by atoms with Crippen LogP contribution in [0.3, 0.4) is 0 Å². The summed E-state index contributed by atoms with van der Waals surface area (Å²) in [7, 11) is -3.35. The fourth-order valence-corrected chi connectivity index (χ4v) is 7.32. The van der Waals surface area contributed by atoms with E-state index in [1.165, 1.54) is 4.57 Å². The predicted octanol–water partition coefficient (Wildman–Crippen LogP) is 1.24. The Hall–Kier alpha value is -2.52. The molecule has 2 aromatic heterocycles. The lowest BCUT2D eigenvalue weighted by Crippen LogP contribution is -2.46. The Labute approximate surface area is 204 Å². The summed E-state index contributed by atoms with van der Waals surface area (Å²) in [6.45, 7) is 3.34. The van der Waals surface area contributed by atoms with E-state index in [-0.39, 0.29) is 23.8 Å². The molecule has 2 aromatic rings. The Morgan fingerprint density at radius 1 is 1.29 bits per heavy atom. The lowest BCUT2D eigenvalue weighted by Gasteiger charge is -2.33. The molecule has 1 aliphatic carbocycles. The average molecular weight is 502 g/mol. The zero-order valence-electron chi connectivity index (χ0n) is 19.8. The van der Waals surface area contributed by atoms with E-state index in [0.717, 1.165) is 6.42 Å². The highest BCUT2D eigenvalue weighted by atomic mass is 32.2. The second-order valence-electron chi connectivity index (χ2n) is 9.96. The van der Waals surface area contributed by atoms with Crippen molar-refractivity contribution in [3.05, 3.63) is 28.2 Å². The number of anilines is 1. The molecule has 0 spiro atoms. The normalized spacial score (nSPS) is 28.4. The third-order valence-electron chi connectivity index (χ3n) is 7.57. The monoisotopic (exact) mass is 501 g/mol. The van der Waals surface area contributed by atoms with Gasteiger partial charge in [-0.15, -0.1) is 6.42 Å². The molecule has 0 bridgehead atoms. The van der Waals surface area contributed by atoms with Crippen LogP contribution in [-0.4, -0.2) is 75.6 Å². The molecular formula is C24H31N5O5S. The number of sulfonamides is 1. The summed E-state index contributed by atoms with van der Waals surface area (Å²) in [6.07, 6.45) is 11.0. The molecule has 0 radical (unpaired) electrons. The van der Waals surface area contributed by atoms with E-state index >= 15 is 0 Å². The first-order valence-electron chi connectivity index (χ1n) is 12.2. The molecule has 35 heavy (non-hydrogen) atoms. The first-order valence-corrected chi connectivity index (χ1v) is 13.7. The second-order valence-corrected chi connectivity index (χ2v) is 12.2. The van der Waals surface area contributed by atoms with Crippen molar-refractivity contribution in [3.8, 4) is 12.3 Å². The lowest BCUT2D eigenvalue weighted by atomic mass is 9.99. The molecule has 1 saturated carbocycles. The first-order chi connectivity index (χ1) is 16.7. The quantitative estimate of drug-likeness (QED) is 0.586. The third kappa shape index (κ3) is 4.44. The van der Waals surface area contributed by atoms with Gasteiger partial charge in [-0.3, -0.25) is 9.36 Å². The molecule has 0 aromatic carbocycles. The van der Waals surface area contributed by atoms with E-state index in [1.807, 2.05) is 0 Å². The third-order valence-corrected chi connectivity index (χ3v) is 9.87. The summed E-state index contributed by atoms with van der Waals surface area (Å²) < 4.78 is 34.0. The maximum absolute atomic E-state index is 13.2. The Bertz CT molecular complexity index is 1320. The SMILES string of the molecule is C#Cc1cc2cnc(NC3CCN(S(=O)(=O)C4CCOC4)CC3)nc2n([C@@H]2CCC[C@@]2(C)O)c1=O. The van der Waals surface area contributed by atoms with Crippen LogP contribution in [0.2, 0.25) is 0 Å². The van der Waals surface area contributed by atoms with Gasteiger partial charge in [0, 0.05) is 37.3 Å². The number of aliphatic hydroxyl groups is 1. The Morgan fingerprint density at radius 3 is 2.69 bits per heavy atom. The first kappa shape index (κ1) is 24.2. The molecule has 5 rings (SSSR count). The average Bonchev–Trinajstić information content (AvgIpc) is 3.49. The largest absolute Gasteiger partial charge is 0.388 e. The fraction of sp³-hybridized carbons (Fsp3) is 0.625. The van der Waals surface area contributed by atoms with Crippen molar-refractivity contribution in [3.63, 3.8) is 0 Å². The zero-order chi connectivity index (χ0) is 24.8. The van der Waals surface area contributed by atoms with Gasteiger partial charge in [0.1, 0.15) is 10.9 Å². The van der Waals surface area contributed by atoms with Gasteiger partial charge in [-0.1, -0.05) is 5.92 Å². The summed E-state index contributed by atoms with van der Waals surface area (Å²) in [6, 6.07) is 1.18. The van der Waals surface area contributed by atoms with Gasteiger partial charge < -0.3 is 15.2 Å². The van der Waals surface area contributed by atoms with Crippen LogP contribution < -0.4 is 10.9 Å². The van der Waals surface area contributed by atoms with Crippen LogP contribution in [0.15, 0.2) is 17.1 Å². The fourth-order valence-electron chi connectivity index (χ4n) is 5.52. The van der Waals surface area contributed by atoms with E-state index in [1.54, 1.807) is 23.5 Å². The molecule has 3 atom stereocenters. The molecule has 11 heteroatoms. The van der Waals surface area contributed by atoms with Crippen molar-refractivity contribution in [2.75, 3.05) is 31.6 Å². The van der Waals surface area contributed by atoms with Crippen LogP contribution in [0.1, 0.15) is 57.1 Å². The molecule has 0 amide bonds. The summed E-state index contributed by atoms with van der Waals surface area (Å²) in [5.74, 6) is 2.81. The summed E-state index contributed by atoms with van der Waals surface area (Å²) in [4.78, 5) is 22.3. The van der Waals surface area contributed by atoms with Crippen LogP contribution in [-0.2, 0) is 14.8 Å². The van der Waals surface area contributed by atoms with Crippen LogP contribution in [0.5, 0.6) is 0 Å². The molecule has 3 fully saturated rings. The number of rotatable bonds is 5. The van der Waals surface area contributed by atoms with Crippen molar-refractivity contribution < 1.29 is 18.3 Å². The van der Waals surface area contributed by atoms with E-state index in [2.05, 4.69) is 21.2 Å². The minimum absolute atomic E-state index is 0.00142. The van der Waals surface area contributed by atoms with Gasteiger partial charge >= 0.3 is 0 Å². The topological polar surface area (TPSA) is 127 Å². The minimum atomic E-state index is -3.35. The van der Waals surface area contributed by atoms with Crippen LogP contribution >= 0.6 is 0 Å². The zero-order valence-corrected chi connectivity index (χ0v) is 20.6. The predicted molar refractivity (Wildman–Crippen MR) is 132 cm³/mol. The van der Waals surface area contributed by atoms with E-state index in [4.69, 9.17) is 11.2 Å². The van der Waals surface area contributed by atoms with Gasteiger partial charge in [0.25, 0.3) is 5.56 Å². The molecule has 4 heterocycles. The number of pyridine rings is 1. The molecule has 2 N–H and O–H groups in total. The molecule has 3 aliphatic rings. The number of nitrogens with one attached hydrogen (secondary N) is 1. The molecular weight excluding hydrogens is 470 g/mol. The highest BCUT2D eigenvalue weighted by Crippen LogP contribution is 2.39. The van der Waals surface area contributed by atoms with Crippen molar-refractivity contribution in [2.45, 2.75) is 68.4 Å². The van der Waals surface area contributed by atoms with Gasteiger partial charge in [0.05, 0.1) is 23.8 Å². The van der Waals surface area contributed by atoms with Crippen molar-refractivity contribution in [1.82, 2.24) is 18.8 Å². The highest BCUT2D eigenvalue weighted by molar-refractivity contribution is 7.89. The van der Waals surface area contributed by atoms with Gasteiger partial charge in [0.2, 0.25) is 16.0 Å². The van der Waals surface area contributed by atoms with Gasteiger partial charge in [-0.25, -0.2) is 17.7 Å². The minimum Gasteiger partial charge on any atom is -0.388 e. The van der Waals surface area contributed by atoms with Gasteiger partial charge in [0.15, 0.2) is 0 Å². The number of piperidine rings is 1. The van der Waals surface area contributed by atoms with Crippen LogP contribution in [0, 0.1) is 12.3 Å². The summed E-state index contributed by atoms with van der Waals surface area (Å²) >= 11 is 0. The van der Waals surface area contributed by atoms with Gasteiger partial charge in [-0.2, -0.15) is 4.98 Å². The number of fused-ring (bicyclic) bond motifs is 1. The Balaban J connectivity index is 1.38. The van der Waals surface area contributed by atoms with Gasteiger partial charge in [-0.05, 0) is 51.5 Å². The number of ether oxygens (including phenoxy) is 1. The molecule has 2 aliphatic heterocycles. The van der Waals surface area contributed by atoms with Crippen LogP contribution in [0.25, 0.3) is 11.0 Å².